The summed E-state index contributed by atoms with van der Waals surface area (Å²) in [7, 11) is 0. The van der Waals surface area contributed by atoms with Crippen LogP contribution in [0.2, 0.25) is 5.02 Å². The third-order valence-electron chi connectivity index (χ3n) is 3.45. The molecule has 1 fully saturated rings. The number of nitrogens with zero attached hydrogens (tertiary/aromatic N) is 2. The van der Waals surface area contributed by atoms with Crippen LogP contribution in [-0.2, 0) is 4.79 Å². The molecule has 0 aliphatic carbocycles. The number of amides is 1. The van der Waals surface area contributed by atoms with Crippen molar-refractivity contribution < 1.29 is 4.79 Å². The predicted octanol–water partition coefficient (Wildman–Crippen LogP) is 2.71. The fraction of sp³-hybridized carbons (Fsp3) is 0.467. The molecule has 20 heavy (non-hydrogen) atoms. The van der Waals surface area contributed by atoms with E-state index in [4.69, 9.17) is 16.9 Å². The van der Waals surface area contributed by atoms with Crippen LogP contribution < -0.4 is 10.2 Å². The Morgan fingerprint density at radius 1 is 1.55 bits per heavy atom. The summed E-state index contributed by atoms with van der Waals surface area (Å²) in [6.45, 7) is 3.59. The van der Waals surface area contributed by atoms with Gasteiger partial charge in [0.1, 0.15) is 0 Å². The highest BCUT2D eigenvalue weighted by Gasteiger charge is 2.30. The minimum Gasteiger partial charge on any atom is -0.310 e. The molecule has 0 saturated carbocycles. The number of piperidine rings is 1. The summed E-state index contributed by atoms with van der Waals surface area (Å²) < 4.78 is 0. The molecule has 1 aliphatic rings. The number of carbonyl (C=O) groups excluding carboxylic acids is 1. The van der Waals surface area contributed by atoms with Crippen LogP contribution in [0.1, 0.15) is 31.7 Å². The molecule has 0 spiro atoms. The van der Waals surface area contributed by atoms with Gasteiger partial charge in [-0.3, -0.25) is 4.79 Å². The molecule has 0 aromatic heterocycles. The van der Waals surface area contributed by atoms with Crippen LogP contribution in [-0.4, -0.2) is 25.0 Å². The Morgan fingerprint density at radius 2 is 2.35 bits per heavy atom. The normalized spacial score (nSPS) is 18.9. The SMILES string of the molecule is CCCNC1CCCN(c2ccc(C#N)cc2Cl)C1=O. The summed E-state index contributed by atoms with van der Waals surface area (Å²) in [5.74, 6) is 0.0660. The fourth-order valence-electron chi connectivity index (χ4n) is 2.42. The number of hydrogen-bond acceptors (Lipinski definition) is 3. The second-order valence-corrected chi connectivity index (χ2v) is 5.32. The van der Waals surface area contributed by atoms with E-state index in [0.717, 1.165) is 25.8 Å². The Bertz CT molecular complexity index is 538. The monoisotopic (exact) mass is 291 g/mol. The first-order valence-corrected chi connectivity index (χ1v) is 7.29. The largest absolute Gasteiger partial charge is 0.310 e. The topological polar surface area (TPSA) is 56.1 Å². The van der Waals surface area contributed by atoms with Crippen LogP contribution in [0.4, 0.5) is 5.69 Å². The fourth-order valence-corrected chi connectivity index (χ4v) is 2.70. The maximum absolute atomic E-state index is 12.5. The first-order chi connectivity index (χ1) is 9.67. The van der Waals surface area contributed by atoms with Crippen molar-refractivity contribution >= 4 is 23.2 Å². The third kappa shape index (κ3) is 3.12. The maximum Gasteiger partial charge on any atom is 0.244 e. The Kier molecular flexibility index (Phi) is 4.99. The molecule has 1 unspecified atom stereocenters. The van der Waals surface area contributed by atoms with Crippen molar-refractivity contribution in [1.82, 2.24) is 5.32 Å². The molecule has 1 aliphatic heterocycles. The summed E-state index contributed by atoms with van der Waals surface area (Å²) in [4.78, 5) is 14.2. The van der Waals surface area contributed by atoms with Gasteiger partial charge in [0.25, 0.3) is 0 Å². The maximum atomic E-state index is 12.5. The molecule has 1 aromatic rings. The average Bonchev–Trinajstić information content (AvgIpc) is 2.46. The van der Waals surface area contributed by atoms with E-state index in [1.54, 1.807) is 23.1 Å². The number of benzene rings is 1. The molecule has 0 bridgehead atoms. The van der Waals surface area contributed by atoms with Crippen LogP contribution >= 0.6 is 11.6 Å². The van der Waals surface area contributed by atoms with Crippen molar-refractivity contribution in [3.05, 3.63) is 28.8 Å². The lowest BCUT2D eigenvalue weighted by Gasteiger charge is -2.33. The Labute approximate surface area is 124 Å². The molecule has 106 valence electrons. The number of carbonyl (C=O) groups is 1. The van der Waals surface area contributed by atoms with E-state index in [1.165, 1.54) is 0 Å². The number of halogens is 1. The first-order valence-electron chi connectivity index (χ1n) is 6.91. The van der Waals surface area contributed by atoms with Crippen molar-refractivity contribution in [3.8, 4) is 6.07 Å². The van der Waals surface area contributed by atoms with Gasteiger partial charge in [0, 0.05) is 6.54 Å². The standard InChI is InChI=1S/C15H18ClN3O/c1-2-7-18-13-4-3-8-19(15(13)20)14-6-5-11(10-17)9-12(14)16/h5-6,9,13,18H,2-4,7-8H2,1H3. The number of rotatable bonds is 4. The van der Waals surface area contributed by atoms with Crippen LogP contribution in [0.25, 0.3) is 0 Å². The van der Waals surface area contributed by atoms with Crippen LogP contribution in [0.5, 0.6) is 0 Å². The summed E-state index contributed by atoms with van der Waals surface area (Å²) in [6, 6.07) is 6.96. The van der Waals surface area contributed by atoms with E-state index < -0.39 is 0 Å². The lowest BCUT2D eigenvalue weighted by Crippen LogP contribution is -2.51. The molecule has 1 heterocycles. The van der Waals surface area contributed by atoms with Crippen molar-refractivity contribution in [2.45, 2.75) is 32.2 Å². The summed E-state index contributed by atoms with van der Waals surface area (Å²) in [6.07, 6.45) is 2.81. The van der Waals surface area contributed by atoms with Gasteiger partial charge in [-0.25, -0.2) is 0 Å². The summed E-state index contributed by atoms with van der Waals surface area (Å²) in [5.41, 5.74) is 1.20. The Hall–Kier alpha value is -1.57. The third-order valence-corrected chi connectivity index (χ3v) is 3.75. The van der Waals surface area contributed by atoms with Crippen molar-refractivity contribution in [1.29, 1.82) is 5.26 Å². The molecular formula is C15H18ClN3O. The predicted molar refractivity (Wildman–Crippen MR) is 79.8 cm³/mol. The zero-order valence-corrected chi connectivity index (χ0v) is 12.3. The van der Waals surface area contributed by atoms with E-state index in [-0.39, 0.29) is 11.9 Å². The number of hydrogen-bond donors (Lipinski definition) is 1. The second-order valence-electron chi connectivity index (χ2n) is 4.92. The van der Waals surface area contributed by atoms with Gasteiger partial charge in [-0.15, -0.1) is 0 Å². The van der Waals surface area contributed by atoms with E-state index >= 15 is 0 Å². The zero-order valence-electron chi connectivity index (χ0n) is 11.5. The van der Waals surface area contributed by atoms with E-state index in [9.17, 15) is 4.79 Å². The Morgan fingerprint density at radius 3 is 3.00 bits per heavy atom. The molecule has 0 radical (unpaired) electrons. The van der Waals surface area contributed by atoms with Crippen LogP contribution in [0.3, 0.4) is 0 Å². The number of anilines is 1. The average molecular weight is 292 g/mol. The van der Waals surface area contributed by atoms with Crippen molar-refractivity contribution in [2.75, 3.05) is 18.0 Å². The molecule has 2 rings (SSSR count). The molecule has 1 atom stereocenters. The highest BCUT2D eigenvalue weighted by Crippen LogP contribution is 2.29. The van der Waals surface area contributed by atoms with Gasteiger partial charge < -0.3 is 10.2 Å². The van der Waals surface area contributed by atoms with E-state index in [0.29, 0.717) is 22.8 Å². The van der Waals surface area contributed by atoms with Crippen LogP contribution in [0, 0.1) is 11.3 Å². The minimum atomic E-state index is -0.129. The molecule has 5 heteroatoms. The van der Waals surface area contributed by atoms with Gasteiger partial charge in [0.15, 0.2) is 0 Å². The Balaban J connectivity index is 2.19. The first kappa shape index (κ1) is 14.8. The quantitative estimate of drug-likeness (QED) is 0.928. The molecule has 1 amide bonds. The van der Waals surface area contributed by atoms with Crippen molar-refractivity contribution in [3.63, 3.8) is 0 Å². The number of nitriles is 1. The minimum absolute atomic E-state index is 0.0660. The molecule has 1 aromatic carbocycles. The zero-order chi connectivity index (χ0) is 14.5. The van der Waals surface area contributed by atoms with Gasteiger partial charge in [-0.2, -0.15) is 5.26 Å². The molecular weight excluding hydrogens is 274 g/mol. The highest BCUT2D eigenvalue weighted by molar-refractivity contribution is 6.34. The van der Waals surface area contributed by atoms with Gasteiger partial charge in [0.05, 0.1) is 28.4 Å². The lowest BCUT2D eigenvalue weighted by atomic mass is 10.0. The molecule has 1 N–H and O–H groups in total. The molecule has 1 saturated heterocycles. The van der Waals surface area contributed by atoms with Gasteiger partial charge >= 0.3 is 0 Å². The van der Waals surface area contributed by atoms with Gasteiger partial charge in [-0.1, -0.05) is 18.5 Å². The highest BCUT2D eigenvalue weighted by atomic mass is 35.5. The van der Waals surface area contributed by atoms with Crippen molar-refractivity contribution in [2.24, 2.45) is 0 Å². The van der Waals surface area contributed by atoms with Crippen LogP contribution in [0.15, 0.2) is 18.2 Å². The summed E-state index contributed by atoms with van der Waals surface area (Å²) >= 11 is 6.19. The van der Waals surface area contributed by atoms with E-state index in [2.05, 4.69) is 12.2 Å². The number of nitrogens with one attached hydrogen (secondary N) is 1. The van der Waals surface area contributed by atoms with E-state index in [1.807, 2.05) is 6.07 Å². The van der Waals surface area contributed by atoms with Gasteiger partial charge in [-0.05, 0) is 44.0 Å². The van der Waals surface area contributed by atoms with Gasteiger partial charge in [0.2, 0.25) is 5.91 Å². The lowest BCUT2D eigenvalue weighted by molar-refractivity contribution is -0.121. The summed E-state index contributed by atoms with van der Waals surface area (Å²) in [5, 5.41) is 12.6. The second kappa shape index (κ2) is 6.74. The molecule has 4 nitrogen and oxygen atoms in total. The smallest absolute Gasteiger partial charge is 0.244 e.